The van der Waals surface area contributed by atoms with Crippen LogP contribution in [0.2, 0.25) is 0 Å². The van der Waals surface area contributed by atoms with Crippen LogP contribution in [0.3, 0.4) is 0 Å². The number of hydrogen-bond acceptors (Lipinski definition) is 5. The quantitative estimate of drug-likeness (QED) is 0.795. The van der Waals surface area contributed by atoms with Gasteiger partial charge in [0.1, 0.15) is 6.61 Å². The van der Waals surface area contributed by atoms with Crippen LogP contribution in [0.25, 0.3) is 0 Å². The SMILES string of the molecule is CCOC(=O)C1=C(COC(=O)c2cccc(C)c2C)NC(=O)N[C@H]1C. The van der Waals surface area contributed by atoms with E-state index in [0.29, 0.717) is 5.56 Å². The summed E-state index contributed by atoms with van der Waals surface area (Å²) in [5.74, 6) is -1.07. The van der Waals surface area contributed by atoms with Gasteiger partial charge in [-0.3, -0.25) is 0 Å². The summed E-state index contributed by atoms with van der Waals surface area (Å²) >= 11 is 0. The standard InChI is InChI=1S/C18H22N2O5/c1-5-24-17(22)15-12(4)19-18(23)20-14(15)9-25-16(21)13-8-6-7-10(2)11(13)3/h6-8,12H,5,9H2,1-4H3,(H2,19,20,23)/t12-/m0/s1. The Bertz CT molecular complexity index is 739. The highest BCUT2D eigenvalue weighted by Gasteiger charge is 2.30. The van der Waals surface area contributed by atoms with Gasteiger partial charge in [-0.15, -0.1) is 0 Å². The number of aryl methyl sites for hydroxylation is 1. The maximum absolute atomic E-state index is 12.3. The van der Waals surface area contributed by atoms with Crippen LogP contribution in [0.5, 0.6) is 0 Å². The molecule has 0 bridgehead atoms. The summed E-state index contributed by atoms with van der Waals surface area (Å²) in [5.41, 5.74) is 2.73. The fraction of sp³-hybridized carbons (Fsp3) is 0.389. The predicted molar refractivity (Wildman–Crippen MR) is 91.0 cm³/mol. The van der Waals surface area contributed by atoms with Crippen LogP contribution < -0.4 is 10.6 Å². The summed E-state index contributed by atoms with van der Waals surface area (Å²) < 4.78 is 10.3. The first-order chi connectivity index (χ1) is 11.8. The van der Waals surface area contributed by atoms with E-state index in [9.17, 15) is 14.4 Å². The topological polar surface area (TPSA) is 93.7 Å². The van der Waals surface area contributed by atoms with E-state index < -0.39 is 24.0 Å². The van der Waals surface area contributed by atoms with E-state index in [1.54, 1.807) is 26.0 Å². The molecule has 1 aromatic carbocycles. The number of carbonyl (C=O) groups excluding carboxylic acids is 3. The summed E-state index contributed by atoms with van der Waals surface area (Å²) in [4.78, 5) is 36.1. The van der Waals surface area contributed by atoms with E-state index in [2.05, 4.69) is 10.6 Å². The molecule has 0 aliphatic carbocycles. The lowest BCUT2D eigenvalue weighted by atomic mass is 10.0. The normalized spacial score (nSPS) is 16.8. The summed E-state index contributed by atoms with van der Waals surface area (Å²) in [6.07, 6.45) is 0. The van der Waals surface area contributed by atoms with Crippen molar-refractivity contribution in [1.29, 1.82) is 0 Å². The molecule has 7 heteroatoms. The number of rotatable bonds is 5. The van der Waals surface area contributed by atoms with Gasteiger partial charge in [0.2, 0.25) is 0 Å². The zero-order valence-corrected chi connectivity index (χ0v) is 14.8. The molecule has 0 saturated heterocycles. The maximum Gasteiger partial charge on any atom is 0.338 e. The highest BCUT2D eigenvalue weighted by molar-refractivity contribution is 5.95. The minimum atomic E-state index is -0.555. The number of hydrogen-bond donors (Lipinski definition) is 2. The van der Waals surface area contributed by atoms with Gasteiger partial charge in [-0.2, -0.15) is 0 Å². The fourth-order valence-electron chi connectivity index (χ4n) is 2.58. The van der Waals surface area contributed by atoms with Crippen molar-refractivity contribution in [3.8, 4) is 0 Å². The second-order valence-corrected chi connectivity index (χ2v) is 5.76. The molecule has 1 aromatic rings. The van der Waals surface area contributed by atoms with Crippen LogP contribution in [-0.4, -0.2) is 37.2 Å². The number of benzene rings is 1. The van der Waals surface area contributed by atoms with Crippen molar-refractivity contribution in [2.75, 3.05) is 13.2 Å². The molecule has 0 aromatic heterocycles. The Balaban J connectivity index is 2.21. The lowest BCUT2D eigenvalue weighted by Crippen LogP contribution is -2.50. The maximum atomic E-state index is 12.3. The third-order valence-electron chi connectivity index (χ3n) is 4.04. The fourth-order valence-corrected chi connectivity index (χ4v) is 2.58. The lowest BCUT2D eigenvalue weighted by Gasteiger charge is -2.26. The molecule has 2 amide bonds. The van der Waals surface area contributed by atoms with E-state index in [1.807, 2.05) is 19.9 Å². The third kappa shape index (κ3) is 4.17. The Labute approximate surface area is 146 Å². The van der Waals surface area contributed by atoms with Crippen LogP contribution >= 0.6 is 0 Å². The largest absolute Gasteiger partial charge is 0.463 e. The van der Waals surface area contributed by atoms with E-state index in [0.717, 1.165) is 11.1 Å². The molecule has 2 rings (SSSR count). The van der Waals surface area contributed by atoms with Crippen LogP contribution in [0.15, 0.2) is 29.5 Å². The molecule has 2 N–H and O–H groups in total. The van der Waals surface area contributed by atoms with Crippen molar-refractivity contribution in [2.24, 2.45) is 0 Å². The molecule has 0 radical (unpaired) electrons. The average molecular weight is 346 g/mol. The molecule has 1 aliphatic rings. The Morgan fingerprint density at radius 1 is 1.16 bits per heavy atom. The smallest absolute Gasteiger partial charge is 0.338 e. The number of esters is 2. The van der Waals surface area contributed by atoms with Gasteiger partial charge >= 0.3 is 18.0 Å². The average Bonchev–Trinajstić information content (AvgIpc) is 2.54. The van der Waals surface area contributed by atoms with Crippen molar-refractivity contribution in [3.05, 3.63) is 46.2 Å². The Hall–Kier alpha value is -2.83. The van der Waals surface area contributed by atoms with E-state index in [-0.39, 0.29) is 24.5 Å². The molecule has 1 heterocycles. The molecular formula is C18H22N2O5. The lowest BCUT2D eigenvalue weighted by molar-refractivity contribution is -0.139. The van der Waals surface area contributed by atoms with E-state index in [1.165, 1.54) is 0 Å². The van der Waals surface area contributed by atoms with Gasteiger partial charge in [0.05, 0.1) is 29.5 Å². The highest BCUT2D eigenvalue weighted by Crippen LogP contribution is 2.17. The van der Waals surface area contributed by atoms with Crippen molar-refractivity contribution in [3.63, 3.8) is 0 Å². The summed E-state index contributed by atoms with van der Waals surface area (Å²) in [6.45, 7) is 7.08. The Kier molecular flexibility index (Phi) is 5.80. The van der Waals surface area contributed by atoms with Gasteiger partial charge in [-0.25, -0.2) is 14.4 Å². The van der Waals surface area contributed by atoms with Crippen molar-refractivity contribution >= 4 is 18.0 Å². The highest BCUT2D eigenvalue weighted by atomic mass is 16.5. The molecule has 0 fully saturated rings. The first kappa shape index (κ1) is 18.5. The zero-order chi connectivity index (χ0) is 18.6. The van der Waals surface area contributed by atoms with Gasteiger partial charge in [-0.1, -0.05) is 12.1 Å². The third-order valence-corrected chi connectivity index (χ3v) is 4.04. The molecule has 7 nitrogen and oxygen atoms in total. The van der Waals surface area contributed by atoms with Crippen LogP contribution in [0, 0.1) is 13.8 Å². The zero-order valence-electron chi connectivity index (χ0n) is 14.8. The number of carbonyl (C=O) groups is 3. The molecular weight excluding hydrogens is 324 g/mol. The molecule has 0 unspecified atom stereocenters. The predicted octanol–water partition coefficient (Wildman–Crippen LogP) is 1.98. The summed E-state index contributed by atoms with van der Waals surface area (Å²) in [6, 6.07) is 4.36. The first-order valence-corrected chi connectivity index (χ1v) is 8.06. The monoisotopic (exact) mass is 346 g/mol. The van der Waals surface area contributed by atoms with Gasteiger partial charge < -0.3 is 20.1 Å². The second-order valence-electron chi connectivity index (χ2n) is 5.76. The second kappa shape index (κ2) is 7.83. The minimum Gasteiger partial charge on any atom is -0.463 e. The number of ether oxygens (including phenoxy) is 2. The number of urea groups is 1. The summed E-state index contributed by atoms with van der Waals surface area (Å²) in [7, 11) is 0. The molecule has 134 valence electrons. The molecule has 1 atom stereocenters. The molecule has 25 heavy (non-hydrogen) atoms. The number of amides is 2. The van der Waals surface area contributed by atoms with E-state index in [4.69, 9.17) is 9.47 Å². The van der Waals surface area contributed by atoms with Crippen LogP contribution in [0.4, 0.5) is 4.79 Å². The van der Waals surface area contributed by atoms with Gasteiger partial charge in [-0.05, 0) is 44.9 Å². The van der Waals surface area contributed by atoms with Crippen molar-refractivity contribution < 1.29 is 23.9 Å². The minimum absolute atomic E-state index is 0.207. The molecule has 0 spiro atoms. The van der Waals surface area contributed by atoms with Crippen molar-refractivity contribution in [1.82, 2.24) is 10.6 Å². The van der Waals surface area contributed by atoms with Crippen LogP contribution in [0.1, 0.15) is 35.3 Å². The Morgan fingerprint density at radius 2 is 1.88 bits per heavy atom. The Morgan fingerprint density at radius 3 is 2.56 bits per heavy atom. The van der Waals surface area contributed by atoms with Crippen LogP contribution in [-0.2, 0) is 14.3 Å². The van der Waals surface area contributed by atoms with Crippen molar-refractivity contribution in [2.45, 2.75) is 33.7 Å². The number of nitrogens with one attached hydrogen (secondary N) is 2. The molecule has 1 aliphatic heterocycles. The van der Waals surface area contributed by atoms with Gasteiger partial charge in [0.15, 0.2) is 0 Å². The summed E-state index contributed by atoms with van der Waals surface area (Å²) in [5, 5.41) is 5.11. The van der Waals surface area contributed by atoms with Gasteiger partial charge in [0.25, 0.3) is 0 Å². The molecule has 0 saturated carbocycles. The first-order valence-electron chi connectivity index (χ1n) is 8.06. The van der Waals surface area contributed by atoms with E-state index >= 15 is 0 Å². The van der Waals surface area contributed by atoms with Gasteiger partial charge in [0, 0.05) is 0 Å².